The van der Waals surface area contributed by atoms with Crippen LogP contribution in [0, 0.1) is 0 Å². The highest BCUT2D eigenvalue weighted by molar-refractivity contribution is 7.80. The highest BCUT2D eigenvalue weighted by atomic mass is 35.5. The second kappa shape index (κ2) is 8.10. The number of hydrogen-bond acceptors (Lipinski definition) is 2. The Kier molecular flexibility index (Phi) is 5.56. The Balaban J connectivity index is 1.37. The molecule has 1 amide bonds. The highest BCUT2D eigenvalue weighted by Crippen LogP contribution is 2.50. The maximum Gasteiger partial charge on any atom is 0.251 e. The molecule has 6 heteroatoms. The third kappa shape index (κ3) is 3.87. The lowest BCUT2D eigenvalue weighted by Crippen LogP contribution is -2.52. The molecule has 2 aromatic carbocycles. The van der Waals surface area contributed by atoms with Crippen LogP contribution in [0.3, 0.4) is 0 Å². The molecule has 28 heavy (non-hydrogen) atoms. The zero-order chi connectivity index (χ0) is 19.6. The third-order valence-electron chi connectivity index (χ3n) is 5.59. The molecule has 1 saturated heterocycles. The van der Waals surface area contributed by atoms with Crippen LogP contribution in [0.2, 0.25) is 5.02 Å². The topological polar surface area (TPSA) is 35.6 Å². The van der Waals surface area contributed by atoms with Gasteiger partial charge in [-0.15, -0.1) is 0 Å². The van der Waals surface area contributed by atoms with Crippen molar-refractivity contribution in [3.63, 3.8) is 0 Å². The molecule has 0 aromatic heterocycles. The van der Waals surface area contributed by atoms with E-state index in [1.807, 2.05) is 52.5 Å². The molecule has 0 spiro atoms. The van der Waals surface area contributed by atoms with Crippen LogP contribution < -0.4 is 5.32 Å². The number of nitrogens with one attached hydrogen (secondary N) is 1. The fourth-order valence-electron chi connectivity index (χ4n) is 3.85. The Morgan fingerprint density at radius 3 is 2.39 bits per heavy atom. The number of nitrogens with zero attached hydrogens (tertiary/aromatic N) is 2. The monoisotopic (exact) mass is 413 g/mol. The Hall–Kier alpha value is -2.11. The first-order valence-electron chi connectivity index (χ1n) is 9.77. The van der Waals surface area contributed by atoms with E-state index in [0.29, 0.717) is 5.11 Å². The van der Waals surface area contributed by atoms with Crippen LogP contribution >= 0.6 is 23.8 Å². The van der Waals surface area contributed by atoms with Gasteiger partial charge in [-0.1, -0.05) is 54.1 Å². The van der Waals surface area contributed by atoms with E-state index < -0.39 is 0 Å². The molecular weight excluding hydrogens is 390 g/mol. The molecule has 1 aliphatic heterocycles. The number of amides is 1. The van der Waals surface area contributed by atoms with Crippen molar-refractivity contribution in [2.45, 2.75) is 31.1 Å². The summed E-state index contributed by atoms with van der Waals surface area (Å²) in [4.78, 5) is 13.4. The van der Waals surface area contributed by atoms with Gasteiger partial charge in [0.1, 0.15) is 0 Å². The number of hydrazine groups is 1. The molecular formula is C22H24ClN3OS. The van der Waals surface area contributed by atoms with Crippen molar-refractivity contribution in [2.75, 3.05) is 19.6 Å². The zero-order valence-corrected chi connectivity index (χ0v) is 17.3. The summed E-state index contributed by atoms with van der Waals surface area (Å²) in [6.07, 6.45) is 3.62. The van der Waals surface area contributed by atoms with Crippen molar-refractivity contribution >= 4 is 34.8 Å². The van der Waals surface area contributed by atoms with Crippen molar-refractivity contribution in [3.05, 3.63) is 70.7 Å². The second-order valence-electron chi connectivity index (χ2n) is 7.46. The summed E-state index contributed by atoms with van der Waals surface area (Å²) in [7, 11) is 0. The number of thiocarbonyl (C=S) groups is 1. The molecule has 1 saturated carbocycles. The van der Waals surface area contributed by atoms with Crippen LogP contribution in [0.15, 0.2) is 54.6 Å². The Bertz CT molecular complexity index is 852. The van der Waals surface area contributed by atoms with Crippen molar-refractivity contribution in [2.24, 2.45) is 0 Å². The first-order valence-corrected chi connectivity index (χ1v) is 10.6. The van der Waals surface area contributed by atoms with Gasteiger partial charge in [-0.3, -0.25) is 14.8 Å². The predicted molar refractivity (Wildman–Crippen MR) is 116 cm³/mol. The minimum Gasteiger partial charge on any atom is -0.361 e. The Morgan fingerprint density at radius 1 is 1.04 bits per heavy atom. The smallest absolute Gasteiger partial charge is 0.251 e. The average Bonchev–Trinajstić information content (AvgIpc) is 3.39. The standard InChI is InChI=1S/C22H24ClN3OS/c23-19-9-7-17(8-10-19)11-14-24-21(28)26-16-4-15-25(26)20(27)22(12-13-22)18-5-2-1-3-6-18/h1-3,5-10H,4,11-16H2,(H,24,28). The summed E-state index contributed by atoms with van der Waals surface area (Å²) in [5.74, 6) is 0.179. The average molecular weight is 414 g/mol. The SMILES string of the molecule is O=C(N1CCCN1C(=S)NCCc1ccc(Cl)cc1)C1(c2ccccc2)CC1. The largest absolute Gasteiger partial charge is 0.361 e. The summed E-state index contributed by atoms with van der Waals surface area (Å²) >= 11 is 11.5. The van der Waals surface area contributed by atoms with Crippen LogP contribution in [0.25, 0.3) is 0 Å². The van der Waals surface area contributed by atoms with Gasteiger partial charge in [0.2, 0.25) is 0 Å². The van der Waals surface area contributed by atoms with Gasteiger partial charge in [-0.25, -0.2) is 0 Å². The highest BCUT2D eigenvalue weighted by Gasteiger charge is 2.54. The van der Waals surface area contributed by atoms with Gasteiger partial charge in [-0.05, 0) is 61.2 Å². The summed E-state index contributed by atoms with van der Waals surface area (Å²) in [6, 6.07) is 18.0. The van der Waals surface area contributed by atoms with Gasteiger partial charge in [0.05, 0.1) is 5.41 Å². The van der Waals surface area contributed by atoms with Crippen molar-refractivity contribution in [1.82, 2.24) is 15.3 Å². The normalized spacial score (nSPS) is 17.5. The first kappa shape index (κ1) is 19.2. The maximum atomic E-state index is 13.4. The quantitative estimate of drug-likeness (QED) is 0.753. The number of halogens is 1. The molecule has 1 N–H and O–H groups in total. The Labute approximate surface area is 176 Å². The number of carbonyl (C=O) groups is 1. The molecule has 1 aliphatic carbocycles. The van der Waals surface area contributed by atoms with Crippen LogP contribution in [0.4, 0.5) is 0 Å². The maximum absolute atomic E-state index is 13.4. The first-order chi connectivity index (χ1) is 13.6. The van der Waals surface area contributed by atoms with Crippen LogP contribution in [-0.2, 0) is 16.6 Å². The van der Waals surface area contributed by atoms with Crippen molar-refractivity contribution < 1.29 is 4.79 Å². The van der Waals surface area contributed by atoms with Gasteiger partial charge in [0, 0.05) is 24.7 Å². The summed E-state index contributed by atoms with van der Waals surface area (Å²) < 4.78 is 0. The molecule has 146 valence electrons. The van der Waals surface area contributed by atoms with E-state index >= 15 is 0 Å². The molecule has 2 aromatic rings. The molecule has 0 radical (unpaired) electrons. The zero-order valence-electron chi connectivity index (χ0n) is 15.7. The Morgan fingerprint density at radius 2 is 1.71 bits per heavy atom. The van der Waals surface area contributed by atoms with E-state index in [4.69, 9.17) is 23.8 Å². The number of rotatable bonds is 5. The van der Waals surface area contributed by atoms with Crippen LogP contribution in [0.5, 0.6) is 0 Å². The lowest BCUT2D eigenvalue weighted by Gasteiger charge is -2.33. The third-order valence-corrected chi connectivity index (χ3v) is 6.20. The molecule has 2 aliphatic rings. The van der Waals surface area contributed by atoms with Gasteiger partial charge in [-0.2, -0.15) is 0 Å². The number of hydrogen-bond donors (Lipinski definition) is 1. The molecule has 0 unspecified atom stereocenters. The predicted octanol–water partition coefficient (Wildman–Crippen LogP) is 3.94. The summed E-state index contributed by atoms with van der Waals surface area (Å²) in [5.41, 5.74) is 1.96. The van der Waals surface area contributed by atoms with Gasteiger partial charge >= 0.3 is 0 Å². The fraction of sp³-hybridized carbons (Fsp3) is 0.364. The second-order valence-corrected chi connectivity index (χ2v) is 8.28. The lowest BCUT2D eigenvalue weighted by atomic mass is 9.95. The molecule has 4 rings (SSSR count). The number of benzene rings is 2. The van der Waals surface area contributed by atoms with Crippen LogP contribution in [-0.4, -0.2) is 40.7 Å². The van der Waals surface area contributed by atoms with E-state index in [0.717, 1.165) is 55.9 Å². The fourth-order valence-corrected chi connectivity index (χ4v) is 4.26. The van der Waals surface area contributed by atoms with Crippen molar-refractivity contribution in [1.29, 1.82) is 0 Å². The number of carbonyl (C=O) groups excluding carboxylic acids is 1. The minimum absolute atomic E-state index is 0.179. The van der Waals surface area contributed by atoms with E-state index in [1.165, 1.54) is 5.56 Å². The van der Waals surface area contributed by atoms with Crippen molar-refractivity contribution in [3.8, 4) is 0 Å². The summed E-state index contributed by atoms with van der Waals surface area (Å²) in [5, 5.41) is 8.49. The molecule has 0 atom stereocenters. The van der Waals surface area contributed by atoms with E-state index in [2.05, 4.69) is 17.4 Å². The van der Waals surface area contributed by atoms with E-state index in [-0.39, 0.29) is 11.3 Å². The van der Waals surface area contributed by atoms with Crippen LogP contribution in [0.1, 0.15) is 30.4 Å². The van der Waals surface area contributed by atoms with Gasteiger partial charge in [0.25, 0.3) is 5.91 Å². The van der Waals surface area contributed by atoms with E-state index in [1.54, 1.807) is 0 Å². The van der Waals surface area contributed by atoms with Gasteiger partial charge in [0.15, 0.2) is 5.11 Å². The van der Waals surface area contributed by atoms with Gasteiger partial charge < -0.3 is 5.32 Å². The molecule has 1 heterocycles. The molecule has 4 nitrogen and oxygen atoms in total. The minimum atomic E-state index is -0.358. The summed E-state index contributed by atoms with van der Waals surface area (Å²) in [6.45, 7) is 2.23. The lowest BCUT2D eigenvalue weighted by molar-refractivity contribution is -0.141. The molecule has 0 bridgehead atoms. The molecule has 2 fully saturated rings. The van der Waals surface area contributed by atoms with E-state index in [9.17, 15) is 4.79 Å².